The number of nitrogens with zero attached hydrogens (tertiary/aromatic N) is 1. The molecule has 6 nitrogen and oxygen atoms in total. The number of amides is 1. The lowest BCUT2D eigenvalue weighted by Gasteiger charge is -2.33. The van der Waals surface area contributed by atoms with Crippen LogP contribution in [0.15, 0.2) is 18.2 Å². The van der Waals surface area contributed by atoms with Gasteiger partial charge in [0.05, 0.1) is 32.4 Å². The molecule has 0 radical (unpaired) electrons. The Hall–Kier alpha value is -2.13. The average molecular weight is 523 g/mol. The molecule has 1 aliphatic heterocycles. The number of rotatable bonds is 5. The maximum absolute atomic E-state index is 13.1. The lowest BCUT2D eigenvalue weighted by Crippen LogP contribution is -2.38. The average Bonchev–Trinajstić information content (AvgIpc) is 2.72. The highest BCUT2D eigenvalue weighted by molar-refractivity contribution is 14.1. The molecule has 7 heteroatoms. The van der Waals surface area contributed by atoms with Crippen molar-refractivity contribution in [3.63, 3.8) is 0 Å². The third-order valence-corrected chi connectivity index (χ3v) is 7.04. The monoisotopic (exact) mass is 523 g/mol. The molecule has 2 aromatic rings. The first-order chi connectivity index (χ1) is 14.2. The Morgan fingerprint density at radius 2 is 1.93 bits per heavy atom. The number of esters is 1. The van der Waals surface area contributed by atoms with Gasteiger partial charge in [0, 0.05) is 9.13 Å². The number of hydrogen-bond acceptors (Lipinski definition) is 5. The molecule has 0 spiro atoms. The van der Waals surface area contributed by atoms with Gasteiger partial charge in [-0.25, -0.2) is 4.79 Å². The highest BCUT2D eigenvalue weighted by atomic mass is 127. The number of carbonyl (C=O) groups excluding carboxylic acids is 2. The van der Waals surface area contributed by atoms with E-state index in [2.05, 4.69) is 22.6 Å². The molecule has 0 unspecified atom stereocenters. The summed E-state index contributed by atoms with van der Waals surface area (Å²) in [6, 6.07) is 5.75. The van der Waals surface area contributed by atoms with Gasteiger partial charge in [0.15, 0.2) is 6.10 Å². The van der Waals surface area contributed by atoms with E-state index in [9.17, 15) is 14.7 Å². The quantitative estimate of drug-likeness (QED) is 0.475. The van der Waals surface area contributed by atoms with Gasteiger partial charge >= 0.3 is 5.97 Å². The van der Waals surface area contributed by atoms with Gasteiger partial charge in [0.1, 0.15) is 5.75 Å². The van der Waals surface area contributed by atoms with Gasteiger partial charge in [-0.1, -0.05) is 12.1 Å². The van der Waals surface area contributed by atoms with Crippen LogP contribution in [0.25, 0.3) is 0 Å². The van der Waals surface area contributed by atoms with Crippen molar-refractivity contribution in [1.29, 1.82) is 0 Å². The third kappa shape index (κ3) is 3.80. The van der Waals surface area contributed by atoms with Gasteiger partial charge in [-0.05, 0) is 84.2 Å². The van der Waals surface area contributed by atoms with Crippen LogP contribution in [-0.2, 0) is 27.3 Å². The summed E-state index contributed by atoms with van der Waals surface area (Å²) in [7, 11) is 1.61. The lowest BCUT2D eigenvalue weighted by molar-refractivity contribution is -0.153. The second kappa shape index (κ2) is 8.93. The van der Waals surface area contributed by atoms with Gasteiger partial charge in [-0.15, -0.1) is 0 Å². The van der Waals surface area contributed by atoms with Gasteiger partial charge in [0.2, 0.25) is 5.91 Å². The Balaban J connectivity index is 2.10. The number of benzene rings is 2. The number of fused-ring (bicyclic) bond motifs is 1. The number of aliphatic hydroxyl groups is 1. The van der Waals surface area contributed by atoms with Gasteiger partial charge in [0.25, 0.3) is 0 Å². The minimum atomic E-state index is -1.37. The molecular formula is C23H26INO5. The van der Waals surface area contributed by atoms with Crippen LogP contribution in [0.3, 0.4) is 0 Å². The van der Waals surface area contributed by atoms with Crippen LogP contribution in [0.4, 0.5) is 5.69 Å². The van der Waals surface area contributed by atoms with Crippen LogP contribution in [0, 0.1) is 24.3 Å². The van der Waals surface area contributed by atoms with E-state index in [1.54, 1.807) is 18.9 Å². The number of anilines is 1. The molecule has 0 aromatic heterocycles. The minimum absolute atomic E-state index is 0.0494. The van der Waals surface area contributed by atoms with Crippen LogP contribution in [0.1, 0.15) is 46.4 Å². The standard InChI is InChI=1S/C23H26INO5/c1-6-30-23(28)21(27)19-13(3)15-10-18(26)25(11-16(15)14(4)20(19)24)17-9-7-8-12(2)22(17)29-5/h7-9,21,27H,6,10-11H2,1-5H3/t21-/m0/s1. The first kappa shape index (κ1) is 22.6. The number of aliphatic hydroxyl groups excluding tert-OH is 1. The van der Waals surface area contributed by atoms with Crippen LogP contribution in [0.5, 0.6) is 5.75 Å². The molecule has 0 fully saturated rings. The summed E-state index contributed by atoms with van der Waals surface area (Å²) in [6.07, 6.45) is -1.18. The summed E-state index contributed by atoms with van der Waals surface area (Å²) in [5.41, 5.74) is 5.88. The molecule has 0 aliphatic carbocycles. The molecule has 1 heterocycles. The minimum Gasteiger partial charge on any atom is -0.494 e. The second-order valence-corrected chi connectivity index (χ2v) is 8.45. The third-order valence-electron chi connectivity index (χ3n) is 5.65. The summed E-state index contributed by atoms with van der Waals surface area (Å²) in [6.45, 7) is 8.07. The topological polar surface area (TPSA) is 76.1 Å². The molecule has 1 aliphatic rings. The molecule has 0 saturated carbocycles. The highest BCUT2D eigenvalue weighted by Gasteiger charge is 2.33. The number of carbonyl (C=O) groups is 2. The van der Waals surface area contributed by atoms with E-state index in [4.69, 9.17) is 9.47 Å². The molecule has 1 atom stereocenters. The van der Waals surface area contributed by atoms with Crippen molar-refractivity contribution in [1.82, 2.24) is 0 Å². The lowest BCUT2D eigenvalue weighted by atomic mass is 9.86. The van der Waals surface area contributed by atoms with Crippen LogP contribution in [0.2, 0.25) is 0 Å². The fourth-order valence-electron chi connectivity index (χ4n) is 4.06. The van der Waals surface area contributed by atoms with E-state index in [1.165, 1.54) is 0 Å². The van der Waals surface area contributed by atoms with Gasteiger partial charge in [-0.2, -0.15) is 0 Å². The van der Waals surface area contributed by atoms with Crippen LogP contribution in [-0.4, -0.2) is 30.7 Å². The van der Waals surface area contributed by atoms with Crippen LogP contribution >= 0.6 is 22.6 Å². The van der Waals surface area contributed by atoms with Gasteiger partial charge in [-0.3, -0.25) is 4.79 Å². The molecule has 2 aromatic carbocycles. The number of methoxy groups -OCH3 is 1. The van der Waals surface area contributed by atoms with Crippen molar-refractivity contribution in [3.05, 3.63) is 55.1 Å². The Bertz CT molecular complexity index is 1020. The zero-order valence-corrected chi connectivity index (χ0v) is 20.0. The van der Waals surface area contributed by atoms with Crippen molar-refractivity contribution in [3.8, 4) is 5.75 Å². The summed E-state index contributed by atoms with van der Waals surface area (Å²) in [4.78, 5) is 27.0. The smallest absolute Gasteiger partial charge is 0.339 e. The summed E-state index contributed by atoms with van der Waals surface area (Å²) in [5, 5.41) is 10.6. The van der Waals surface area contributed by atoms with Crippen molar-refractivity contribution in [2.45, 2.75) is 46.8 Å². The number of hydrogen-bond donors (Lipinski definition) is 1. The van der Waals surface area contributed by atoms with Crippen LogP contribution < -0.4 is 9.64 Å². The Morgan fingerprint density at radius 1 is 1.23 bits per heavy atom. The molecule has 0 saturated heterocycles. The molecule has 160 valence electrons. The number of halogens is 1. The van der Waals surface area contributed by atoms with E-state index in [0.29, 0.717) is 17.9 Å². The Morgan fingerprint density at radius 3 is 2.57 bits per heavy atom. The van der Waals surface area contributed by atoms with E-state index in [-0.39, 0.29) is 18.9 Å². The largest absolute Gasteiger partial charge is 0.494 e. The zero-order chi connectivity index (χ0) is 22.2. The number of para-hydroxylation sites is 1. The van der Waals surface area contributed by atoms with Crippen molar-refractivity contribution < 1.29 is 24.2 Å². The SMILES string of the molecule is CCOC(=O)[C@@H](O)c1c(C)c2c(c(C)c1I)CN(c1cccc(C)c1OC)C(=O)C2. The predicted molar refractivity (Wildman–Crippen MR) is 123 cm³/mol. The van der Waals surface area contributed by atoms with Crippen molar-refractivity contribution >= 4 is 40.2 Å². The van der Waals surface area contributed by atoms with E-state index in [1.807, 2.05) is 39.0 Å². The number of aryl methyl sites for hydroxylation is 1. The first-order valence-corrected chi connectivity index (χ1v) is 10.9. The normalized spacial score (nSPS) is 14.4. The zero-order valence-electron chi connectivity index (χ0n) is 17.8. The fraction of sp³-hybridized carbons (Fsp3) is 0.391. The molecular weight excluding hydrogens is 497 g/mol. The van der Waals surface area contributed by atoms with E-state index >= 15 is 0 Å². The predicted octanol–water partition coefficient (Wildman–Crippen LogP) is 3.91. The molecule has 1 amide bonds. The maximum Gasteiger partial charge on any atom is 0.339 e. The first-order valence-electron chi connectivity index (χ1n) is 9.81. The second-order valence-electron chi connectivity index (χ2n) is 7.37. The van der Waals surface area contributed by atoms with Crippen molar-refractivity contribution in [2.75, 3.05) is 18.6 Å². The number of ether oxygens (including phenoxy) is 2. The summed E-state index contributed by atoms with van der Waals surface area (Å²) < 4.78 is 11.4. The maximum atomic E-state index is 13.1. The Kier molecular flexibility index (Phi) is 6.71. The summed E-state index contributed by atoms with van der Waals surface area (Å²) >= 11 is 2.16. The Labute approximate surface area is 190 Å². The van der Waals surface area contributed by atoms with E-state index < -0.39 is 12.1 Å². The molecule has 3 rings (SSSR count). The van der Waals surface area contributed by atoms with Crippen molar-refractivity contribution in [2.24, 2.45) is 0 Å². The molecule has 1 N–H and O–H groups in total. The van der Waals surface area contributed by atoms with Gasteiger partial charge < -0.3 is 19.5 Å². The molecule has 0 bridgehead atoms. The molecule has 30 heavy (non-hydrogen) atoms. The highest BCUT2D eigenvalue weighted by Crippen LogP contribution is 2.40. The fourth-order valence-corrected chi connectivity index (χ4v) is 5.08. The summed E-state index contributed by atoms with van der Waals surface area (Å²) in [5.74, 6) is -0.0365. The van der Waals surface area contributed by atoms with E-state index in [0.717, 1.165) is 37.1 Å².